The molecule has 0 unspecified atom stereocenters. The van der Waals surface area contributed by atoms with E-state index in [1.807, 2.05) is 30.3 Å². The lowest BCUT2D eigenvalue weighted by Gasteiger charge is -2.24. The first-order valence-corrected chi connectivity index (χ1v) is 7.15. The van der Waals surface area contributed by atoms with Crippen molar-refractivity contribution in [2.75, 3.05) is 6.54 Å². The fraction of sp³-hybridized carbons (Fsp3) is 0.375. The third kappa shape index (κ3) is 4.70. The highest BCUT2D eigenvalue weighted by atomic mass is 16.2. The Morgan fingerprint density at radius 1 is 1.14 bits per heavy atom. The molecule has 0 spiro atoms. The van der Waals surface area contributed by atoms with E-state index in [2.05, 4.69) is 5.32 Å². The van der Waals surface area contributed by atoms with Gasteiger partial charge in [-0.25, -0.2) is 0 Å². The van der Waals surface area contributed by atoms with Crippen molar-refractivity contribution in [2.45, 2.75) is 32.1 Å². The van der Waals surface area contributed by atoms with Gasteiger partial charge in [0, 0.05) is 25.8 Å². The number of likely N-dealkylation sites (tertiary alicyclic amines) is 1. The van der Waals surface area contributed by atoms with Gasteiger partial charge >= 0.3 is 0 Å². The third-order valence-corrected chi connectivity index (χ3v) is 3.39. The van der Waals surface area contributed by atoms with E-state index in [1.54, 1.807) is 6.54 Å². The average molecular weight is 287 g/mol. The maximum Gasteiger partial charge on any atom is 0.229 e. The first-order chi connectivity index (χ1) is 10.2. The fourth-order valence-corrected chi connectivity index (χ4v) is 2.23. The largest absolute Gasteiger partial charge is 0.351 e. The van der Waals surface area contributed by atoms with Crippen LogP contribution in [0.2, 0.25) is 0 Å². The van der Waals surface area contributed by atoms with Crippen LogP contribution in [-0.2, 0) is 20.8 Å². The van der Waals surface area contributed by atoms with Gasteiger partial charge in [0.05, 0.1) is 6.54 Å². The van der Waals surface area contributed by atoms with Crippen molar-refractivity contribution in [3.05, 3.63) is 42.4 Å². The van der Waals surface area contributed by atoms with Crippen LogP contribution in [0.25, 0.3) is 0 Å². The molecule has 1 heterocycles. The number of carbonyl (C=O) groups is 3. The van der Waals surface area contributed by atoms with Gasteiger partial charge in [-0.1, -0.05) is 30.3 Å². The maximum atomic E-state index is 11.7. The van der Waals surface area contributed by atoms with Crippen LogP contribution in [0.15, 0.2) is 30.3 Å². The predicted octanol–water partition coefficient (Wildman–Crippen LogP) is 1.44. The van der Waals surface area contributed by atoms with Crippen LogP contribution in [0.3, 0.4) is 0 Å². The molecule has 1 saturated heterocycles. The Kier molecular flexibility index (Phi) is 5.49. The van der Waals surface area contributed by atoms with E-state index in [0.717, 1.165) is 5.56 Å². The number of nitrogens with zero attached hydrogens (tertiary/aromatic N) is 1. The Morgan fingerprint density at radius 2 is 1.81 bits per heavy atom. The third-order valence-electron chi connectivity index (χ3n) is 3.39. The van der Waals surface area contributed by atoms with Crippen molar-refractivity contribution in [1.29, 1.82) is 0 Å². The Hall–Kier alpha value is -2.17. The zero-order chi connectivity index (χ0) is 15.1. The highest BCUT2D eigenvalue weighted by Crippen LogP contribution is 2.12. The second-order valence-corrected chi connectivity index (χ2v) is 5.00. The monoisotopic (exact) mass is 287 g/mol. The van der Waals surface area contributed by atoms with E-state index in [9.17, 15) is 14.4 Å². The van der Waals surface area contributed by atoms with Crippen molar-refractivity contribution in [2.24, 2.45) is 0 Å². The number of hydrogen-bond donors (Lipinski definition) is 1. The SMILES string of the molecule is O=C(CCN1C(=O)CCCC1=O)N[CH]Cc1ccccc1. The van der Waals surface area contributed by atoms with E-state index in [0.29, 0.717) is 25.7 Å². The molecule has 0 saturated carbocycles. The zero-order valence-electron chi connectivity index (χ0n) is 11.9. The molecule has 1 N–H and O–H groups in total. The summed E-state index contributed by atoms with van der Waals surface area (Å²) in [4.78, 5) is 36.1. The first-order valence-electron chi connectivity index (χ1n) is 7.15. The van der Waals surface area contributed by atoms with Crippen LogP contribution in [0, 0.1) is 6.54 Å². The van der Waals surface area contributed by atoms with Crippen LogP contribution in [0.4, 0.5) is 0 Å². The van der Waals surface area contributed by atoms with Crippen LogP contribution in [0.1, 0.15) is 31.2 Å². The van der Waals surface area contributed by atoms with Gasteiger partial charge in [0.15, 0.2) is 0 Å². The molecule has 1 aliphatic heterocycles. The van der Waals surface area contributed by atoms with Crippen molar-refractivity contribution < 1.29 is 14.4 Å². The zero-order valence-corrected chi connectivity index (χ0v) is 11.9. The molecule has 0 bridgehead atoms. The number of carbonyl (C=O) groups excluding carboxylic acids is 3. The molecule has 21 heavy (non-hydrogen) atoms. The van der Waals surface area contributed by atoms with Crippen molar-refractivity contribution in [3.63, 3.8) is 0 Å². The standard InChI is InChI=1S/C16H19N2O3/c19-14(17-11-9-13-5-2-1-3-6-13)10-12-18-15(20)7-4-8-16(18)21/h1-3,5-6,11H,4,7-10,12H2,(H,17,19). The Labute approximate surface area is 124 Å². The summed E-state index contributed by atoms with van der Waals surface area (Å²) >= 11 is 0. The van der Waals surface area contributed by atoms with Gasteiger partial charge in [-0.05, 0) is 18.4 Å². The normalized spacial score (nSPS) is 15.1. The van der Waals surface area contributed by atoms with E-state index >= 15 is 0 Å². The van der Waals surface area contributed by atoms with E-state index < -0.39 is 0 Å². The van der Waals surface area contributed by atoms with Crippen LogP contribution < -0.4 is 5.32 Å². The van der Waals surface area contributed by atoms with Gasteiger partial charge in [-0.15, -0.1) is 0 Å². The smallest absolute Gasteiger partial charge is 0.229 e. The highest BCUT2D eigenvalue weighted by Gasteiger charge is 2.25. The Morgan fingerprint density at radius 3 is 2.48 bits per heavy atom. The molecule has 1 aromatic carbocycles. The molecular weight excluding hydrogens is 268 g/mol. The Bertz CT molecular complexity index is 498. The van der Waals surface area contributed by atoms with Gasteiger partial charge in [0.25, 0.3) is 0 Å². The number of amides is 3. The Balaban J connectivity index is 1.67. The number of imide groups is 1. The molecule has 0 atom stereocenters. The average Bonchev–Trinajstić information content (AvgIpc) is 2.48. The second-order valence-electron chi connectivity index (χ2n) is 5.00. The molecular formula is C16H19N2O3. The maximum absolute atomic E-state index is 11.7. The molecule has 2 rings (SSSR count). The van der Waals surface area contributed by atoms with Crippen LogP contribution in [0.5, 0.6) is 0 Å². The first kappa shape index (κ1) is 15.2. The van der Waals surface area contributed by atoms with E-state index in [-0.39, 0.29) is 30.7 Å². The molecule has 1 fully saturated rings. The molecule has 1 radical (unpaired) electrons. The van der Waals surface area contributed by atoms with Gasteiger partial charge in [-0.2, -0.15) is 0 Å². The minimum atomic E-state index is -0.183. The number of piperidine rings is 1. The summed E-state index contributed by atoms with van der Waals surface area (Å²) in [5, 5.41) is 2.69. The quantitative estimate of drug-likeness (QED) is 0.805. The van der Waals surface area contributed by atoms with E-state index in [4.69, 9.17) is 0 Å². The summed E-state index contributed by atoms with van der Waals surface area (Å²) in [5.41, 5.74) is 1.11. The molecule has 5 heteroatoms. The molecule has 0 aromatic heterocycles. The summed E-state index contributed by atoms with van der Waals surface area (Å²) in [6.45, 7) is 1.86. The summed E-state index contributed by atoms with van der Waals surface area (Å²) in [5.74, 6) is -0.531. The topological polar surface area (TPSA) is 66.5 Å². The summed E-state index contributed by atoms with van der Waals surface area (Å²) < 4.78 is 0. The second kappa shape index (κ2) is 7.57. The van der Waals surface area contributed by atoms with Gasteiger partial charge < -0.3 is 5.32 Å². The summed E-state index contributed by atoms with van der Waals surface area (Å²) in [6, 6.07) is 9.79. The molecule has 1 aliphatic rings. The van der Waals surface area contributed by atoms with E-state index in [1.165, 1.54) is 4.90 Å². The molecule has 0 aliphatic carbocycles. The summed E-state index contributed by atoms with van der Waals surface area (Å²) in [6.07, 6.45) is 2.20. The van der Waals surface area contributed by atoms with Gasteiger partial charge in [0.1, 0.15) is 0 Å². The molecule has 1 aromatic rings. The fourth-order valence-electron chi connectivity index (χ4n) is 2.23. The highest BCUT2D eigenvalue weighted by molar-refractivity contribution is 5.97. The molecule has 5 nitrogen and oxygen atoms in total. The number of benzene rings is 1. The molecule has 111 valence electrons. The lowest BCUT2D eigenvalue weighted by Crippen LogP contribution is -2.42. The number of rotatable bonds is 6. The van der Waals surface area contributed by atoms with Gasteiger partial charge in [-0.3, -0.25) is 19.3 Å². The summed E-state index contributed by atoms with van der Waals surface area (Å²) in [7, 11) is 0. The van der Waals surface area contributed by atoms with Crippen molar-refractivity contribution in [1.82, 2.24) is 10.2 Å². The minimum Gasteiger partial charge on any atom is -0.351 e. The van der Waals surface area contributed by atoms with Crippen LogP contribution >= 0.6 is 0 Å². The molecule has 3 amide bonds. The van der Waals surface area contributed by atoms with Crippen molar-refractivity contribution in [3.8, 4) is 0 Å². The van der Waals surface area contributed by atoms with Gasteiger partial charge in [0.2, 0.25) is 17.7 Å². The van der Waals surface area contributed by atoms with Crippen LogP contribution in [-0.4, -0.2) is 29.2 Å². The van der Waals surface area contributed by atoms with Crippen molar-refractivity contribution >= 4 is 17.7 Å². The lowest BCUT2D eigenvalue weighted by molar-refractivity contribution is -0.148. The minimum absolute atomic E-state index is 0.142. The number of nitrogens with one attached hydrogen (secondary N) is 1. The number of hydrogen-bond acceptors (Lipinski definition) is 3. The lowest BCUT2D eigenvalue weighted by atomic mass is 10.1. The predicted molar refractivity (Wildman–Crippen MR) is 77.8 cm³/mol.